The van der Waals surface area contributed by atoms with Gasteiger partial charge in [0.1, 0.15) is 12.4 Å². The number of aliphatic hydroxyl groups excluding tert-OH is 1. The van der Waals surface area contributed by atoms with Gasteiger partial charge in [-0.1, -0.05) is 33.6 Å². The van der Waals surface area contributed by atoms with Gasteiger partial charge in [-0.3, -0.25) is 0 Å². The van der Waals surface area contributed by atoms with Crippen molar-refractivity contribution in [3.8, 4) is 11.5 Å². The minimum absolute atomic E-state index is 0.200. The predicted octanol–water partition coefficient (Wildman–Crippen LogP) is 4.32. The Kier molecular flexibility index (Phi) is 5.45. The molecule has 1 N–H and O–H groups in total. The highest BCUT2D eigenvalue weighted by molar-refractivity contribution is 9.10. The van der Waals surface area contributed by atoms with Gasteiger partial charge in [0.25, 0.3) is 0 Å². The number of hydrogen-bond donors (Lipinski definition) is 1. The summed E-state index contributed by atoms with van der Waals surface area (Å²) >= 11 is 9.23. The fourth-order valence-corrected chi connectivity index (χ4v) is 2.54. The fraction of sp³-hybridized carbons (Fsp3) is 0.200. The quantitative estimate of drug-likeness (QED) is 0.846. The Balaban J connectivity index is 2.26. The van der Waals surface area contributed by atoms with E-state index in [0.717, 1.165) is 5.56 Å². The highest BCUT2D eigenvalue weighted by atomic mass is 79.9. The number of methoxy groups -OCH3 is 1. The molecule has 112 valence electrons. The maximum absolute atomic E-state index is 13.1. The fourth-order valence-electron chi connectivity index (χ4n) is 1.84. The molecule has 21 heavy (non-hydrogen) atoms. The molecular formula is C15H13BrClFO3. The zero-order valence-corrected chi connectivity index (χ0v) is 13.5. The summed E-state index contributed by atoms with van der Waals surface area (Å²) < 4.78 is 24.6. The van der Waals surface area contributed by atoms with Crippen LogP contribution in [0.15, 0.2) is 34.8 Å². The summed E-state index contributed by atoms with van der Waals surface area (Å²) in [4.78, 5) is 0. The molecule has 0 radical (unpaired) electrons. The molecule has 6 heteroatoms. The summed E-state index contributed by atoms with van der Waals surface area (Å²) in [5.41, 5.74) is 1.30. The van der Waals surface area contributed by atoms with Crippen LogP contribution >= 0.6 is 27.5 Å². The van der Waals surface area contributed by atoms with Crippen molar-refractivity contribution in [2.45, 2.75) is 13.2 Å². The van der Waals surface area contributed by atoms with Gasteiger partial charge in [-0.25, -0.2) is 4.39 Å². The van der Waals surface area contributed by atoms with Gasteiger partial charge in [-0.15, -0.1) is 0 Å². The van der Waals surface area contributed by atoms with Crippen LogP contribution in [-0.4, -0.2) is 12.2 Å². The first-order valence-corrected chi connectivity index (χ1v) is 7.26. The maximum atomic E-state index is 13.1. The number of rotatable bonds is 5. The minimum Gasteiger partial charge on any atom is -0.493 e. The molecule has 0 unspecified atom stereocenters. The number of benzene rings is 2. The molecule has 0 aliphatic rings. The summed E-state index contributed by atoms with van der Waals surface area (Å²) in [6.45, 7) is -0.0251. The van der Waals surface area contributed by atoms with Crippen molar-refractivity contribution in [1.82, 2.24) is 0 Å². The standard InChI is InChI=1S/C15H13BrClFO3/c1-20-14-5-11(17)4-10(7-19)15(14)21-8-9-2-3-12(18)6-13(9)16/h2-6,19H,7-8H2,1H3. The van der Waals surface area contributed by atoms with Gasteiger partial charge in [0.05, 0.1) is 13.7 Å². The molecule has 0 aliphatic carbocycles. The van der Waals surface area contributed by atoms with E-state index in [1.54, 1.807) is 18.2 Å². The van der Waals surface area contributed by atoms with Gasteiger partial charge < -0.3 is 14.6 Å². The second-order valence-electron chi connectivity index (χ2n) is 4.28. The Labute approximate surface area is 135 Å². The van der Waals surface area contributed by atoms with Crippen molar-refractivity contribution >= 4 is 27.5 Å². The average Bonchev–Trinajstić information content (AvgIpc) is 2.46. The molecule has 0 amide bonds. The lowest BCUT2D eigenvalue weighted by atomic mass is 10.2. The number of hydrogen-bond acceptors (Lipinski definition) is 3. The largest absolute Gasteiger partial charge is 0.493 e. The van der Waals surface area contributed by atoms with Gasteiger partial charge in [0.2, 0.25) is 0 Å². The van der Waals surface area contributed by atoms with E-state index in [-0.39, 0.29) is 19.0 Å². The van der Waals surface area contributed by atoms with Crippen LogP contribution in [0.1, 0.15) is 11.1 Å². The second-order valence-corrected chi connectivity index (χ2v) is 5.57. The van der Waals surface area contributed by atoms with Crippen LogP contribution in [0.25, 0.3) is 0 Å². The first-order valence-electron chi connectivity index (χ1n) is 6.09. The third kappa shape index (κ3) is 3.87. The predicted molar refractivity (Wildman–Crippen MR) is 82.4 cm³/mol. The van der Waals surface area contributed by atoms with Crippen molar-refractivity contribution < 1.29 is 19.0 Å². The molecule has 0 aromatic heterocycles. The molecule has 2 aromatic rings. The van der Waals surface area contributed by atoms with Gasteiger partial charge in [-0.2, -0.15) is 0 Å². The molecule has 0 aliphatic heterocycles. The monoisotopic (exact) mass is 374 g/mol. The summed E-state index contributed by atoms with van der Waals surface area (Å²) in [5, 5.41) is 9.85. The van der Waals surface area contributed by atoms with E-state index < -0.39 is 0 Å². The van der Waals surface area contributed by atoms with Crippen molar-refractivity contribution in [2.75, 3.05) is 7.11 Å². The molecule has 0 saturated carbocycles. The Bertz CT molecular complexity index is 624. The van der Waals surface area contributed by atoms with Crippen LogP contribution in [0.2, 0.25) is 5.02 Å². The Morgan fingerprint density at radius 2 is 2.00 bits per heavy atom. The highest BCUT2D eigenvalue weighted by Crippen LogP contribution is 2.35. The molecule has 0 atom stereocenters. The lowest BCUT2D eigenvalue weighted by Crippen LogP contribution is -2.02. The molecular weight excluding hydrogens is 363 g/mol. The topological polar surface area (TPSA) is 38.7 Å². The van der Waals surface area contributed by atoms with E-state index >= 15 is 0 Å². The molecule has 0 fully saturated rings. The SMILES string of the molecule is COc1cc(Cl)cc(CO)c1OCc1ccc(F)cc1Br. The molecule has 0 saturated heterocycles. The summed E-state index contributed by atoms with van der Waals surface area (Å²) in [7, 11) is 1.49. The van der Waals surface area contributed by atoms with Crippen molar-refractivity contribution in [1.29, 1.82) is 0 Å². The van der Waals surface area contributed by atoms with Crippen molar-refractivity contribution in [2.24, 2.45) is 0 Å². The maximum Gasteiger partial charge on any atom is 0.167 e. The van der Waals surface area contributed by atoms with Crippen LogP contribution in [0.5, 0.6) is 11.5 Å². The lowest BCUT2D eigenvalue weighted by molar-refractivity contribution is 0.249. The van der Waals surface area contributed by atoms with Crippen LogP contribution in [0, 0.1) is 5.82 Å². The van der Waals surface area contributed by atoms with Crippen LogP contribution < -0.4 is 9.47 Å². The van der Waals surface area contributed by atoms with E-state index in [1.165, 1.54) is 19.2 Å². The van der Waals surface area contributed by atoms with Gasteiger partial charge >= 0.3 is 0 Å². The Morgan fingerprint density at radius 3 is 2.62 bits per heavy atom. The molecule has 2 aromatic carbocycles. The van der Waals surface area contributed by atoms with E-state index in [2.05, 4.69) is 15.9 Å². The van der Waals surface area contributed by atoms with Crippen LogP contribution in [0.4, 0.5) is 4.39 Å². The molecule has 2 rings (SSSR count). The van der Waals surface area contributed by atoms with Gasteiger partial charge in [0, 0.05) is 26.7 Å². The molecule has 0 bridgehead atoms. The molecule has 3 nitrogen and oxygen atoms in total. The summed E-state index contributed by atoms with van der Waals surface area (Å²) in [5.74, 6) is 0.524. The van der Waals surface area contributed by atoms with E-state index in [0.29, 0.717) is 26.6 Å². The first kappa shape index (κ1) is 16.1. The number of ether oxygens (including phenoxy) is 2. The van der Waals surface area contributed by atoms with Gasteiger partial charge in [0.15, 0.2) is 11.5 Å². The molecule has 0 spiro atoms. The number of aliphatic hydroxyl groups is 1. The summed E-state index contributed by atoms with van der Waals surface area (Å²) in [6, 6.07) is 7.57. The third-order valence-corrected chi connectivity index (χ3v) is 3.83. The first-order chi connectivity index (χ1) is 10.0. The zero-order valence-electron chi connectivity index (χ0n) is 11.2. The lowest BCUT2D eigenvalue weighted by Gasteiger charge is -2.15. The normalized spacial score (nSPS) is 10.5. The molecule has 0 heterocycles. The van der Waals surface area contributed by atoms with Crippen LogP contribution in [-0.2, 0) is 13.2 Å². The highest BCUT2D eigenvalue weighted by Gasteiger charge is 2.13. The summed E-state index contributed by atoms with van der Waals surface area (Å²) in [6.07, 6.45) is 0. The second kappa shape index (κ2) is 7.11. The third-order valence-electron chi connectivity index (χ3n) is 2.87. The van der Waals surface area contributed by atoms with E-state index in [1.807, 2.05) is 0 Å². The zero-order chi connectivity index (χ0) is 15.4. The minimum atomic E-state index is -0.328. The van der Waals surface area contributed by atoms with Gasteiger partial charge in [-0.05, 0) is 18.2 Å². The Hall–Kier alpha value is -1.30. The van der Waals surface area contributed by atoms with E-state index in [4.69, 9.17) is 21.1 Å². The number of halogens is 3. The van der Waals surface area contributed by atoms with Crippen molar-refractivity contribution in [3.05, 3.63) is 56.8 Å². The average molecular weight is 376 g/mol. The van der Waals surface area contributed by atoms with E-state index in [9.17, 15) is 9.50 Å². The smallest absolute Gasteiger partial charge is 0.167 e. The van der Waals surface area contributed by atoms with Crippen LogP contribution in [0.3, 0.4) is 0 Å². The Morgan fingerprint density at radius 1 is 1.24 bits per heavy atom. The van der Waals surface area contributed by atoms with Crippen molar-refractivity contribution in [3.63, 3.8) is 0 Å².